The Kier molecular flexibility index (Phi) is 17.0. The number of aromatic hydroxyl groups is 1. The van der Waals surface area contributed by atoms with E-state index in [1.54, 1.807) is 6.07 Å². The lowest BCUT2D eigenvalue weighted by Crippen LogP contribution is -2.33. The molecule has 0 saturated carbocycles. The van der Waals surface area contributed by atoms with E-state index in [1.807, 2.05) is 26.8 Å². The maximum atomic E-state index is 12.7. The van der Waals surface area contributed by atoms with Crippen molar-refractivity contribution in [2.24, 2.45) is 0 Å². The van der Waals surface area contributed by atoms with E-state index in [-0.39, 0.29) is 42.1 Å². The normalized spacial score (nSPS) is 21.0. The fourth-order valence-electron chi connectivity index (χ4n) is 5.46. The summed E-state index contributed by atoms with van der Waals surface area (Å²) in [7, 11) is 0. The molecule has 3 aromatic rings. The van der Waals surface area contributed by atoms with Crippen molar-refractivity contribution >= 4 is 67.2 Å². The van der Waals surface area contributed by atoms with E-state index in [2.05, 4.69) is 47.1 Å². The van der Waals surface area contributed by atoms with E-state index in [0.29, 0.717) is 10.2 Å². The molecule has 1 aromatic carbocycles. The van der Waals surface area contributed by atoms with Gasteiger partial charge in [0.1, 0.15) is 55.8 Å². The Labute approximate surface area is 336 Å². The minimum absolute atomic E-state index is 0.0227. The molecule has 2 fully saturated rings. The zero-order valence-corrected chi connectivity index (χ0v) is 34.7. The molecule has 0 bridgehead atoms. The van der Waals surface area contributed by atoms with Crippen LogP contribution >= 0.6 is 31.9 Å². The molecule has 5 rings (SSSR count). The number of nitrogens with one attached hydrogen (secondary N) is 2. The second-order valence-electron chi connectivity index (χ2n) is 12.0. The summed E-state index contributed by atoms with van der Waals surface area (Å²) >= 11 is 6.41. The predicted molar refractivity (Wildman–Crippen MR) is 204 cm³/mol. The Morgan fingerprint density at radius 2 is 1.34 bits per heavy atom. The number of aryl methyl sites for hydroxylation is 1. The lowest BCUT2D eigenvalue weighted by Gasteiger charge is -2.18. The number of phenols is 1. The zero-order chi connectivity index (χ0) is 41.9. The number of hydrogen-bond acceptors (Lipinski definition) is 16. The number of carbonyl (C=O) groups is 4. The van der Waals surface area contributed by atoms with Crippen molar-refractivity contribution in [1.82, 2.24) is 19.1 Å². The van der Waals surface area contributed by atoms with Crippen molar-refractivity contribution in [1.29, 1.82) is 0 Å². The number of anilines is 2. The predicted octanol–water partition coefficient (Wildman–Crippen LogP) is 3.65. The summed E-state index contributed by atoms with van der Waals surface area (Å²) in [6.45, 7) is 10.6. The summed E-state index contributed by atoms with van der Waals surface area (Å²) in [5, 5.41) is 13.0. The molecule has 21 heteroatoms. The topological polar surface area (TPSA) is 246 Å². The number of ether oxygens (including phenoxy) is 6. The van der Waals surface area contributed by atoms with Gasteiger partial charge in [-0.2, -0.15) is 4.98 Å². The highest BCUT2D eigenvalue weighted by atomic mass is 79.9. The summed E-state index contributed by atoms with van der Waals surface area (Å²) in [5.41, 5.74) is -0.621. The molecule has 2 saturated heterocycles. The largest absolute Gasteiger partial charge is 0.506 e. The average molecular weight is 918 g/mol. The number of phenolic OH excluding ortho intramolecular Hbond substituents is 1. The second-order valence-corrected chi connectivity index (χ2v) is 13.7. The molecule has 0 spiro atoms. The van der Waals surface area contributed by atoms with Crippen molar-refractivity contribution in [3.8, 4) is 5.75 Å². The van der Waals surface area contributed by atoms with Crippen LogP contribution in [0.25, 0.3) is 0 Å². The van der Waals surface area contributed by atoms with Crippen LogP contribution in [0.3, 0.4) is 0 Å². The van der Waals surface area contributed by atoms with E-state index in [9.17, 15) is 38.7 Å². The number of benzene rings is 1. The molecule has 19 nitrogen and oxygen atoms in total. The first-order valence-corrected chi connectivity index (χ1v) is 18.8. The molecule has 0 aliphatic carbocycles. The summed E-state index contributed by atoms with van der Waals surface area (Å²) in [6.07, 6.45) is -1.15. The van der Waals surface area contributed by atoms with Gasteiger partial charge in [0.15, 0.2) is 5.82 Å². The minimum atomic E-state index is -0.776. The van der Waals surface area contributed by atoms with Crippen molar-refractivity contribution in [2.45, 2.75) is 98.2 Å². The molecule has 2 aliphatic heterocycles. The van der Waals surface area contributed by atoms with E-state index >= 15 is 0 Å². The Bertz CT molecular complexity index is 2050. The van der Waals surface area contributed by atoms with Gasteiger partial charge >= 0.3 is 35.3 Å². The first-order valence-electron chi connectivity index (χ1n) is 17.2. The Morgan fingerprint density at radius 1 is 0.839 bits per heavy atom. The lowest BCUT2D eigenvalue weighted by molar-refractivity contribution is -0.157. The zero-order valence-electron chi connectivity index (χ0n) is 31.5. The maximum absolute atomic E-state index is 12.7. The number of aromatic amines is 1. The third-order valence-corrected chi connectivity index (χ3v) is 8.99. The number of para-hydroxylation sites is 1. The lowest BCUT2D eigenvalue weighted by atomic mass is 10.2. The van der Waals surface area contributed by atoms with Crippen LogP contribution in [0.4, 0.5) is 11.5 Å². The van der Waals surface area contributed by atoms with Crippen LogP contribution in [0.5, 0.6) is 5.75 Å². The molecule has 4 heterocycles. The average Bonchev–Trinajstić information content (AvgIpc) is 3.71. The molecular weight excluding hydrogens is 874 g/mol. The number of H-pyrrole nitrogens is 1. The van der Waals surface area contributed by atoms with Gasteiger partial charge in [-0.1, -0.05) is 26.0 Å². The van der Waals surface area contributed by atoms with Gasteiger partial charge < -0.3 is 38.8 Å². The number of nitrogens with zero attached hydrogens (tertiary/aromatic N) is 3. The standard InChI is InChI=1S/C20H22BrN3O7.C13H15BrN2O7.C2H6/c1-10-5-4-6-14(27)18(10)22-19-13(21)8-24(20(28)23-19)17-7-15(30-12(3)26)16(31-17)9-29-11(2)25;1-6(17)21-5-10-9(22-7(2)18)3-11(23-10)16-4-8(14)12(19)15-13(16)20;1-2/h4-6,8,15-17,27H,7,9H2,1-3H3,(H,22,23,28);4,9-11H,3,5H2,1-2H3,(H,15,19,20);1-2H3. The number of halogens is 2. The fraction of sp³-hybridized carbons (Fsp3) is 0.486. The van der Waals surface area contributed by atoms with Gasteiger partial charge in [-0.05, 0) is 50.4 Å². The number of aromatic nitrogens is 4. The molecule has 2 aromatic heterocycles. The van der Waals surface area contributed by atoms with Gasteiger partial charge in [-0.3, -0.25) is 38.1 Å². The van der Waals surface area contributed by atoms with Gasteiger partial charge in [0.25, 0.3) is 5.56 Å². The summed E-state index contributed by atoms with van der Waals surface area (Å²) in [5.74, 6) is -1.77. The number of hydrogen-bond donors (Lipinski definition) is 3. The van der Waals surface area contributed by atoms with E-state index in [0.717, 1.165) is 5.56 Å². The van der Waals surface area contributed by atoms with Crippen molar-refractivity contribution < 1.29 is 52.7 Å². The first kappa shape index (κ1) is 45.5. The third kappa shape index (κ3) is 12.6. The monoisotopic (exact) mass is 915 g/mol. The molecule has 306 valence electrons. The smallest absolute Gasteiger partial charge is 0.351 e. The Morgan fingerprint density at radius 3 is 1.82 bits per heavy atom. The minimum Gasteiger partial charge on any atom is -0.506 e. The van der Waals surface area contributed by atoms with Crippen LogP contribution in [0, 0.1) is 6.92 Å². The maximum Gasteiger partial charge on any atom is 0.351 e. The van der Waals surface area contributed by atoms with Gasteiger partial charge in [0.05, 0.1) is 14.6 Å². The first-order chi connectivity index (χ1) is 26.4. The number of rotatable bonds is 10. The molecule has 3 N–H and O–H groups in total. The van der Waals surface area contributed by atoms with Crippen LogP contribution in [0.15, 0.2) is 53.9 Å². The van der Waals surface area contributed by atoms with Crippen molar-refractivity contribution in [3.05, 3.63) is 76.4 Å². The molecule has 2 aliphatic rings. The third-order valence-electron chi connectivity index (χ3n) is 7.84. The SMILES string of the molecule is CC.CC(=O)OCC1OC(n2cc(Br)c(=O)[nH]c2=O)CC1OC(C)=O.CC(=O)OCC1OC(n2cc(Br)c(Nc3c(C)cccc3O)nc2=O)CC1OC(C)=O. The summed E-state index contributed by atoms with van der Waals surface area (Å²) < 4.78 is 34.8. The second kappa shape index (κ2) is 20.9. The van der Waals surface area contributed by atoms with E-state index in [4.69, 9.17) is 28.4 Å². The highest BCUT2D eigenvalue weighted by Gasteiger charge is 2.41. The highest BCUT2D eigenvalue weighted by molar-refractivity contribution is 9.10. The Hall–Kier alpha value is -4.86. The van der Waals surface area contributed by atoms with E-state index in [1.165, 1.54) is 55.3 Å². The number of esters is 4. The molecule has 6 atom stereocenters. The molecular formula is C35H43Br2N5O14. The summed E-state index contributed by atoms with van der Waals surface area (Å²) in [4.78, 5) is 86.8. The van der Waals surface area contributed by atoms with Crippen LogP contribution in [-0.4, -0.2) is 85.7 Å². The molecule has 56 heavy (non-hydrogen) atoms. The molecule has 0 radical (unpaired) electrons. The number of carbonyl (C=O) groups excluding carboxylic acids is 4. The fourth-order valence-corrected chi connectivity index (χ4v) is 6.19. The van der Waals surface area contributed by atoms with E-state index < -0.39 is 77.7 Å². The summed E-state index contributed by atoms with van der Waals surface area (Å²) in [6, 6.07) is 5.04. The van der Waals surface area contributed by atoms with Gasteiger partial charge in [0.2, 0.25) is 0 Å². The van der Waals surface area contributed by atoms with Crippen molar-refractivity contribution in [3.63, 3.8) is 0 Å². The van der Waals surface area contributed by atoms with Crippen LogP contribution < -0.4 is 22.3 Å². The van der Waals surface area contributed by atoms with Gasteiger partial charge in [0, 0.05) is 52.9 Å². The molecule has 6 unspecified atom stereocenters. The van der Waals surface area contributed by atoms with Crippen LogP contribution in [0.2, 0.25) is 0 Å². The highest BCUT2D eigenvalue weighted by Crippen LogP contribution is 2.34. The van der Waals surface area contributed by atoms with Crippen LogP contribution in [-0.2, 0) is 47.6 Å². The van der Waals surface area contributed by atoms with Gasteiger partial charge in [-0.25, -0.2) is 9.59 Å². The molecule has 0 amide bonds. The van der Waals surface area contributed by atoms with Crippen LogP contribution in [0.1, 0.15) is 72.4 Å². The van der Waals surface area contributed by atoms with Gasteiger partial charge in [-0.15, -0.1) is 0 Å². The quantitative estimate of drug-likeness (QED) is 0.149. The Balaban J connectivity index is 0.000000300. The van der Waals surface area contributed by atoms with Crippen molar-refractivity contribution in [2.75, 3.05) is 18.5 Å².